The standard InChI is InChI=1S/C18H21BrN2O2/c1-23-17-10-13(9-15(19)18(17)22)12-21-8-3-2-6-16(21)14-5-4-7-20-11-14/h4-5,7,9-11,16,22H,2-3,6,8,12H2,1H3. The lowest BCUT2D eigenvalue weighted by Crippen LogP contribution is -2.33. The fourth-order valence-electron chi connectivity index (χ4n) is 3.24. The highest BCUT2D eigenvalue weighted by atomic mass is 79.9. The van der Waals surface area contributed by atoms with Gasteiger partial charge in [0.25, 0.3) is 0 Å². The van der Waals surface area contributed by atoms with Gasteiger partial charge in [0.2, 0.25) is 0 Å². The molecule has 2 aromatic rings. The summed E-state index contributed by atoms with van der Waals surface area (Å²) in [5, 5.41) is 9.96. The smallest absolute Gasteiger partial charge is 0.172 e. The fraction of sp³-hybridized carbons (Fsp3) is 0.389. The van der Waals surface area contributed by atoms with E-state index in [4.69, 9.17) is 4.74 Å². The van der Waals surface area contributed by atoms with Crippen LogP contribution in [0.1, 0.15) is 36.4 Å². The molecule has 0 spiro atoms. The van der Waals surface area contributed by atoms with Gasteiger partial charge in [-0.25, -0.2) is 0 Å². The number of benzene rings is 1. The van der Waals surface area contributed by atoms with Crippen LogP contribution < -0.4 is 4.74 Å². The molecule has 1 aromatic carbocycles. The molecule has 1 atom stereocenters. The highest BCUT2D eigenvalue weighted by Gasteiger charge is 2.24. The number of aromatic hydroxyl groups is 1. The Morgan fingerprint density at radius 1 is 1.39 bits per heavy atom. The minimum absolute atomic E-state index is 0.152. The van der Waals surface area contributed by atoms with E-state index >= 15 is 0 Å². The van der Waals surface area contributed by atoms with E-state index in [2.05, 4.69) is 31.9 Å². The monoisotopic (exact) mass is 376 g/mol. The van der Waals surface area contributed by atoms with Crippen LogP contribution in [-0.2, 0) is 6.54 Å². The molecule has 1 saturated heterocycles. The zero-order valence-corrected chi connectivity index (χ0v) is 14.8. The highest BCUT2D eigenvalue weighted by molar-refractivity contribution is 9.10. The van der Waals surface area contributed by atoms with Crippen LogP contribution >= 0.6 is 15.9 Å². The lowest BCUT2D eigenvalue weighted by molar-refractivity contribution is 0.140. The number of hydrogen-bond donors (Lipinski definition) is 1. The molecule has 0 radical (unpaired) electrons. The Morgan fingerprint density at radius 2 is 2.26 bits per heavy atom. The van der Waals surface area contributed by atoms with Crippen molar-refractivity contribution in [3.63, 3.8) is 0 Å². The van der Waals surface area contributed by atoms with Gasteiger partial charge >= 0.3 is 0 Å². The number of nitrogens with zero attached hydrogens (tertiary/aromatic N) is 2. The first kappa shape index (κ1) is 16.3. The summed E-state index contributed by atoms with van der Waals surface area (Å²) in [5.74, 6) is 0.656. The topological polar surface area (TPSA) is 45.6 Å². The van der Waals surface area contributed by atoms with Crippen LogP contribution in [0.15, 0.2) is 41.1 Å². The maximum absolute atomic E-state index is 9.96. The van der Waals surface area contributed by atoms with E-state index in [9.17, 15) is 5.11 Å². The molecule has 4 nitrogen and oxygen atoms in total. The lowest BCUT2D eigenvalue weighted by Gasteiger charge is -2.36. The molecule has 1 aromatic heterocycles. The number of hydrogen-bond acceptors (Lipinski definition) is 4. The first-order valence-corrected chi connectivity index (χ1v) is 8.67. The average Bonchev–Trinajstić information content (AvgIpc) is 2.59. The molecule has 1 fully saturated rings. The summed E-state index contributed by atoms with van der Waals surface area (Å²) in [6.07, 6.45) is 7.41. The van der Waals surface area contributed by atoms with E-state index in [1.54, 1.807) is 7.11 Å². The van der Waals surface area contributed by atoms with Crippen LogP contribution in [0.5, 0.6) is 11.5 Å². The van der Waals surface area contributed by atoms with E-state index in [-0.39, 0.29) is 5.75 Å². The molecule has 122 valence electrons. The molecule has 1 unspecified atom stereocenters. The van der Waals surface area contributed by atoms with Crippen molar-refractivity contribution in [2.24, 2.45) is 0 Å². The Bertz CT molecular complexity index is 664. The van der Waals surface area contributed by atoms with Gasteiger partial charge in [-0.15, -0.1) is 0 Å². The van der Waals surface area contributed by atoms with Gasteiger partial charge in [0.05, 0.1) is 11.6 Å². The molecule has 1 N–H and O–H groups in total. The fourth-order valence-corrected chi connectivity index (χ4v) is 3.73. The van der Waals surface area contributed by atoms with Gasteiger partial charge in [0.15, 0.2) is 11.5 Å². The van der Waals surface area contributed by atoms with Crippen LogP contribution in [0.2, 0.25) is 0 Å². The zero-order valence-electron chi connectivity index (χ0n) is 13.2. The van der Waals surface area contributed by atoms with Crippen molar-refractivity contribution in [2.75, 3.05) is 13.7 Å². The number of piperidine rings is 1. The number of halogens is 1. The summed E-state index contributed by atoms with van der Waals surface area (Å²) in [6, 6.07) is 8.43. The molecule has 2 heterocycles. The molecule has 3 rings (SSSR count). The third kappa shape index (κ3) is 3.67. The van der Waals surface area contributed by atoms with Crippen LogP contribution in [-0.4, -0.2) is 28.6 Å². The molecule has 0 saturated carbocycles. The van der Waals surface area contributed by atoms with Gasteiger partial charge in [0.1, 0.15) is 0 Å². The van der Waals surface area contributed by atoms with Gasteiger partial charge in [-0.1, -0.05) is 12.5 Å². The summed E-state index contributed by atoms with van der Waals surface area (Å²) in [6.45, 7) is 1.90. The van der Waals surface area contributed by atoms with E-state index < -0.39 is 0 Å². The molecular formula is C18H21BrN2O2. The second kappa shape index (κ2) is 7.32. The molecule has 23 heavy (non-hydrogen) atoms. The Kier molecular flexibility index (Phi) is 5.18. The van der Waals surface area contributed by atoms with Crippen molar-refractivity contribution in [1.29, 1.82) is 0 Å². The maximum Gasteiger partial charge on any atom is 0.172 e. The number of methoxy groups -OCH3 is 1. The third-order valence-corrected chi connectivity index (χ3v) is 4.98. The van der Waals surface area contributed by atoms with Crippen LogP contribution in [0, 0.1) is 0 Å². The molecular weight excluding hydrogens is 356 g/mol. The van der Waals surface area contributed by atoms with Crippen molar-refractivity contribution in [2.45, 2.75) is 31.8 Å². The number of phenolic OH excluding ortho intramolecular Hbond substituents is 1. The number of likely N-dealkylation sites (tertiary alicyclic amines) is 1. The minimum atomic E-state index is 0.152. The predicted molar refractivity (Wildman–Crippen MR) is 93.6 cm³/mol. The first-order valence-electron chi connectivity index (χ1n) is 7.88. The van der Waals surface area contributed by atoms with E-state index in [0.717, 1.165) is 25.1 Å². The number of phenols is 1. The van der Waals surface area contributed by atoms with Crippen molar-refractivity contribution in [3.05, 3.63) is 52.3 Å². The molecule has 0 aliphatic carbocycles. The highest BCUT2D eigenvalue weighted by Crippen LogP contribution is 2.37. The molecule has 1 aliphatic heterocycles. The Labute approximate surface area is 145 Å². The minimum Gasteiger partial charge on any atom is -0.503 e. The van der Waals surface area contributed by atoms with Crippen molar-refractivity contribution in [1.82, 2.24) is 9.88 Å². The van der Waals surface area contributed by atoms with Gasteiger partial charge in [-0.05, 0) is 64.6 Å². The summed E-state index contributed by atoms with van der Waals surface area (Å²) < 4.78 is 5.93. The Balaban J connectivity index is 1.84. The van der Waals surface area contributed by atoms with Gasteiger partial charge in [0, 0.05) is 25.0 Å². The van der Waals surface area contributed by atoms with Crippen molar-refractivity contribution in [3.8, 4) is 11.5 Å². The molecule has 0 bridgehead atoms. The number of rotatable bonds is 4. The average molecular weight is 377 g/mol. The Hall–Kier alpha value is -1.59. The predicted octanol–water partition coefficient (Wildman–Crippen LogP) is 4.29. The number of aromatic nitrogens is 1. The summed E-state index contributed by atoms with van der Waals surface area (Å²) in [7, 11) is 1.57. The van der Waals surface area contributed by atoms with Crippen LogP contribution in [0.25, 0.3) is 0 Å². The first-order chi connectivity index (χ1) is 11.2. The summed E-state index contributed by atoms with van der Waals surface area (Å²) >= 11 is 3.40. The third-order valence-electron chi connectivity index (χ3n) is 4.38. The van der Waals surface area contributed by atoms with Crippen molar-refractivity contribution >= 4 is 15.9 Å². The van der Waals surface area contributed by atoms with Crippen LogP contribution in [0.4, 0.5) is 0 Å². The Morgan fingerprint density at radius 3 is 3.00 bits per heavy atom. The van der Waals surface area contributed by atoms with Gasteiger partial charge in [-0.3, -0.25) is 9.88 Å². The van der Waals surface area contributed by atoms with E-state index in [1.807, 2.05) is 30.6 Å². The normalized spacial score (nSPS) is 18.8. The van der Waals surface area contributed by atoms with Crippen molar-refractivity contribution < 1.29 is 9.84 Å². The zero-order chi connectivity index (χ0) is 16.2. The van der Waals surface area contributed by atoms with Crippen LogP contribution in [0.3, 0.4) is 0 Å². The van der Waals surface area contributed by atoms with Gasteiger partial charge in [-0.2, -0.15) is 0 Å². The van der Waals surface area contributed by atoms with E-state index in [1.165, 1.54) is 18.4 Å². The molecule has 1 aliphatic rings. The molecule has 5 heteroatoms. The lowest BCUT2D eigenvalue weighted by atomic mass is 9.95. The number of ether oxygens (including phenoxy) is 1. The summed E-state index contributed by atoms with van der Waals surface area (Å²) in [5.41, 5.74) is 2.40. The second-order valence-corrected chi connectivity index (χ2v) is 6.75. The SMILES string of the molecule is COc1cc(CN2CCCCC2c2cccnc2)cc(Br)c1O. The quantitative estimate of drug-likeness (QED) is 0.864. The largest absolute Gasteiger partial charge is 0.503 e. The number of pyridine rings is 1. The maximum atomic E-state index is 9.96. The van der Waals surface area contributed by atoms with E-state index in [0.29, 0.717) is 16.3 Å². The second-order valence-electron chi connectivity index (χ2n) is 5.90. The summed E-state index contributed by atoms with van der Waals surface area (Å²) in [4.78, 5) is 6.75. The molecule has 0 amide bonds. The van der Waals surface area contributed by atoms with Gasteiger partial charge < -0.3 is 9.84 Å².